The van der Waals surface area contributed by atoms with Gasteiger partial charge in [0.2, 0.25) is 0 Å². The van der Waals surface area contributed by atoms with Crippen LogP contribution in [0.15, 0.2) is 60.7 Å². The molecular weight excluding hydrogens is 411 g/mol. The lowest BCUT2D eigenvalue weighted by Crippen LogP contribution is -2.13. The van der Waals surface area contributed by atoms with Gasteiger partial charge in [-0.3, -0.25) is 4.79 Å². The number of aromatic amines is 1. The average molecular weight is 427 g/mol. The number of anilines is 2. The number of amides is 1. The number of hydrogen-bond donors (Lipinski definition) is 4. The van der Waals surface area contributed by atoms with Crippen LogP contribution in [0.5, 0.6) is 0 Å². The van der Waals surface area contributed by atoms with Crippen molar-refractivity contribution in [1.29, 1.82) is 0 Å². The highest BCUT2D eigenvalue weighted by Crippen LogP contribution is 2.30. The fraction of sp³-hybridized carbons (Fsp3) is 0.0476. The summed E-state index contributed by atoms with van der Waals surface area (Å²) in [5.41, 5.74) is 9.32. The number of rotatable bonds is 4. The normalized spacial score (nSPS) is 12.1. The second-order valence-corrected chi connectivity index (χ2v) is 7.40. The van der Waals surface area contributed by atoms with Crippen molar-refractivity contribution >= 4 is 52.5 Å². The molecule has 0 radical (unpaired) electrons. The van der Waals surface area contributed by atoms with Gasteiger partial charge >= 0.3 is 0 Å². The van der Waals surface area contributed by atoms with E-state index in [1.807, 2.05) is 0 Å². The van der Waals surface area contributed by atoms with Crippen molar-refractivity contribution in [3.05, 3.63) is 88.5 Å². The molecule has 1 heterocycles. The van der Waals surface area contributed by atoms with Crippen LogP contribution in [0.25, 0.3) is 11.0 Å². The van der Waals surface area contributed by atoms with E-state index in [2.05, 4.69) is 27.9 Å². The van der Waals surface area contributed by atoms with E-state index < -0.39 is 5.82 Å². The maximum Gasteiger partial charge on any atom is 0.255 e. The topological polar surface area (TPSA) is 83.8 Å². The van der Waals surface area contributed by atoms with Crippen LogP contribution in [0, 0.1) is 5.82 Å². The highest BCUT2D eigenvalue weighted by atomic mass is 35.5. The molecule has 1 atom stereocenters. The number of nitrogens with two attached hydrogens (primary N) is 1. The molecular formula is C21H16ClFN4OS. The zero-order chi connectivity index (χ0) is 20.5. The number of imidazole rings is 1. The fourth-order valence-corrected chi connectivity index (χ4v) is 3.39. The van der Waals surface area contributed by atoms with Crippen LogP contribution in [-0.2, 0) is 0 Å². The van der Waals surface area contributed by atoms with E-state index in [4.69, 9.17) is 17.3 Å². The lowest BCUT2D eigenvalue weighted by atomic mass is 10.1. The van der Waals surface area contributed by atoms with Crippen LogP contribution in [0.2, 0.25) is 5.02 Å². The first-order valence-corrected chi connectivity index (χ1v) is 9.60. The minimum absolute atomic E-state index is 0.0145. The van der Waals surface area contributed by atoms with Crippen molar-refractivity contribution in [2.75, 3.05) is 11.1 Å². The molecule has 0 aliphatic rings. The van der Waals surface area contributed by atoms with Gasteiger partial charge in [-0.05, 0) is 35.9 Å². The average Bonchev–Trinajstić information content (AvgIpc) is 3.12. The molecule has 0 aliphatic carbocycles. The van der Waals surface area contributed by atoms with E-state index in [1.165, 1.54) is 12.1 Å². The summed E-state index contributed by atoms with van der Waals surface area (Å²) in [6, 6.07) is 16.8. The lowest BCUT2D eigenvalue weighted by Gasteiger charge is -2.10. The molecule has 1 aromatic heterocycles. The SMILES string of the molecule is Nc1ccccc1NC(=O)c1ccc(C(S)c2nc3cc(Cl)c(F)cc3[nH]2)cc1. The number of hydrogen-bond acceptors (Lipinski definition) is 4. The monoisotopic (exact) mass is 426 g/mol. The number of para-hydroxylation sites is 2. The summed E-state index contributed by atoms with van der Waals surface area (Å²) in [6.45, 7) is 0. The number of nitrogens with one attached hydrogen (secondary N) is 2. The van der Waals surface area contributed by atoms with E-state index in [1.54, 1.807) is 48.5 Å². The van der Waals surface area contributed by atoms with Crippen molar-refractivity contribution in [2.24, 2.45) is 0 Å². The highest BCUT2D eigenvalue weighted by Gasteiger charge is 2.16. The number of carbonyl (C=O) groups excluding carboxylic acids is 1. The van der Waals surface area contributed by atoms with Crippen LogP contribution < -0.4 is 11.1 Å². The molecule has 0 aliphatic heterocycles. The first kappa shape index (κ1) is 19.3. The minimum atomic E-state index is -0.514. The van der Waals surface area contributed by atoms with Crippen molar-refractivity contribution < 1.29 is 9.18 Å². The molecule has 1 amide bonds. The molecule has 5 nitrogen and oxygen atoms in total. The number of H-pyrrole nitrogens is 1. The van der Waals surface area contributed by atoms with Gasteiger partial charge in [-0.2, -0.15) is 12.6 Å². The Hall–Kier alpha value is -3.03. The van der Waals surface area contributed by atoms with E-state index in [-0.39, 0.29) is 16.2 Å². The summed E-state index contributed by atoms with van der Waals surface area (Å²) in [6.07, 6.45) is 0. The molecule has 4 N–H and O–H groups in total. The van der Waals surface area contributed by atoms with Gasteiger partial charge in [0, 0.05) is 11.6 Å². The number of nitrogen functional groups attached to an aromatic ring is 1. The Morgan fingerprint density at radius 2 is 1.90 bits per heavy atom. The Bertz CT molecular complexity index is 1170. The molecule has 8 heteroatoms. The van der Waals surface area contributed by atoms with Crippen molar-refractivity contribution in [2.45, 2.75) is 5.25 Å². The van der Waals surface area contributed by atoms with Gasteiger partial charge in [-0.15, -0.1) is 0 Å². The standard InChI is InChI=1S/C21H16ClFN4OS/c22-13-9-17-18(10-14(13)23)26-20(25-17)19(29)11-5-7-12(8-6-11)21(28)27-16-4-2-1-3-15(16)24/h1-10,19,29H,24H2,(H,25,26)(H,27,28). The van der Waals surface area contributed by atoms with Crippen LogP contribution >= 0.6 is 24.2 Å². The van der Waals surface area contributed by atoms with Crippen LogP contribution in [0.1, 0.15) is 27.0 Å². The zero-order valence-electron chi connectivity index (χ0n) is 15.0. The van der Waals surface area contributed by atoms with E-state index in [0.717, 1.165) is 5.56 Å². The summed E-state index contributed by atoms with van der Waals surface area (Å²) in [5, 5.41) is 2.42. The molecule has 1 unspecified atom stereocenters. The molecule has 0 fully saturated rings. The third-order valence-electron chi connectivity index (χ3n) is 4.50. The first-order chi connectivity index (χ1) is 13.9. The third kappa shape index (κ3) is 3.92. The molecule has 4 aromatic rings. The highest BCUT2D eigenvalue weighted by molar-refractivity contribution is 7.80. The Kier molecular flexibility index (Phi) is 5.17. The summed E-state index contributed by atoms with van der Waals surface area (Å²) in [5.74, 6) is -0.224. The van der Waals surface area contributed by atoms with Gasteiger partial charge in [0.25, 0.3) is 5.91 Å². The molecule has 0 saturated heterocycles. The van der Waals surface area contributed by atoms with Crippen molar-refractivity contribution in [3.63, 3.8) is 0 Å². The molecule has 0 bridgehead atoms. The van der Waals surface area contributed by atoms with E-state index in [9.17, 15) is 9.18 Å². The number of benzene rings is 3. The van der Waals surface area contributed by atoms with Crippen molar-refractivity contribution in [1.82, 2.24) is 9.97 Å². The number of carbonyl (C=O) groups is 1. The van der Waals surface area contributed by atoms with Gasteiger partial charge < -0.3 is 16.0 Å². The number of aromatic nitrogens is 2. The largest absolute Gasteiger partial charge is 0.397 e. The minimum Gasteiger partial charge on any atom is -0.397 e. The molecule has 4 rings (SSSR count). The van der Waals surface area contributed by atoms with E-state index in [0.29, 0.717) is 33.8 Å². The first-order valence-electron chi connectivity index (χ1n) is 8.71. The van der Waals surface area contributed by atoms with Gasteiger partial charge in [0.15, 0.2) is 0 Å². The molecule has 146 valence electrons. The number of fused-ring (bicyclic) bond motifs is 1. The second kappa shape index (κ2) is 7.77. The van der Waals surface area contributed by atoms with Crippen LogP contribution in [-0.4, -0.2) is 15.9 Å². The third-order valence-corrected chi connectivity index (χ3v) is 5.33. The van der Waals surface area contributed by atoms with Gasteiger partial charge in [0.05, 0.1) is 32.7 Å². The Balaban J connectivity index is 1.54. The maximum atomic E-state index is 13.6. The summed E-state index contributed by atoms with van der Waals surface area (Å²) >= 11 is 10.4. The fourth-order valence-electron chi connectivity index (χ4n) is 2.93. The quantitative estimate of drug-likeness (QED) is 0.267. The maximum absolute atomic E-state index is 13.6. The van der Waals surface area contributed by atoms with Crippen LogP contribution in [0.3, 0.4) is 0 Å². The van der Waals surface area contributed by atoms with Crippen LogP contribution in [0.4, 0.5) is 15.8 Å². The Labute approximate surface area is 176 Å². The Morgan fingerprint density at radius 3 is 2.62 bits per heavy atom. The van der Waals surface area contributed by atoms with Gasteiger partial charge in [-0.1, -0.05) is 35.9 Å². The summed E-state index contributed by atoms with van der Waals surface area (Å²) in [7, 11) is 0. The molecule has 29 heavy (non-hydrogen) atoms. The Morgan fingerprint density at radius 1 is 1.17 bits per heavy atom. The summed E-state index contributed by atoms with van der Waals surface area (Å²) < 4.78 is 13.6. The molecule has 0 spiro atoms. The van der Waals surface area contributed by atoms with Gasteiger partial charge in [0.1, 0.15) is 11.6 Å². The smallest absolute Gasteiger partial charge is 0.255 e. The zero-order valence-corrected chi connectivity index (χ0v) is 16.6. The van der Waals surface area contributed by atoms with E-state index >= 15 is 0 Å². The van der Waals surface area contributed by atoms with Gasteiger partial charge in [-0.25, -0.2) is 9.37 Å². The number of halogens is 2. The predicted octanol–water partition coefficient (Wildman–Crippen LogP) is 5.21. The number of thiol groups is 1. The predicted molar refractivity (Wildman–Crippen MR) is 117 cm³/mol. The molecule has 0 saturated carbocycles. The second-order valence-electron chi connectivity index (χ2n) is 6.47. The number of nitrogens with zero attached hydrogens (tertiary/aromatic N) is 1. The molecule has 3 aromatic carbocycles. The lowest BCUT2D eigenvalue weighted by molar-refractivity contribution is 0.102. The van der Waals surface area contributed by atoms with Crippen molar-refractivity contribution in [3.8, 4) is 0 Å². The summed E-state index contributed by atoms with van der Waals surface area (Å²) in [4.78, 5) is 19.9.